The normalized spacial score (nSPS) is 15.1. The van der Waals surface area contributed by atoms with Gasteiger partial charge >= 0.3 is 0 Å². The fourth-order valence-corrected chi connectivity index (χ4v) is 4.27. The van der Waals surface area contributed by atoms with Gasteiger partial charge in [-0.05, 0) is 52.7 Å². The molecule has 30 heavy (non-hydrogen) atoms. The van der Waals surface area contributed by atoms with Gasteiger partial charge in [-0.2, -0.15) is 0 Å². The number of imide groups is 1. The van der Waals surface area contributed by atoms with Crippen LogP contribution in [0, 0.1) is 0 Å². The van der Waals surface area contributed by atoms with Crippen molar-refractivity contribution in [2.45, 2.75) is 13.2 Å². The predicted molar refractivity (Wildman–Crippen MR) is 123 cm³/mol. The quantitative estimate of drug-likeness (QED) is 0.391. The molecule has 4 rings (SSSR count). The van der Waals surface area contributed by atoms with Crippen LogP contribution in [0.2, 0.25) is 0 Å². The second-order valence-corrected chi connectivity index (χ2v) is 8.55. The zero-order valence-electron chi connectivity index (χ0n) is 16.0. The molecule has 6 heteroatoms. The van der Waals surface area contributed by atoms with Crippen LogP contribution in [0.15, 0.2) is 88.2 Å². The van der Waals surface area contributed by atoms with E-state index in [9.17, 15) is 9.59 Å². The highest BCUT2D eigenvalue weighted by molar-refractivity contribution is 9.10. The monoisotopic (exact) mass is 479 g/mol. The van der Waals surface area contributed by atoms with Crippen molar-refractivity contribution in [2.75, 3.05) is 0 Å². The molecule has 0 saturated carbocycles. The summed E-state index contributed by atoms with van der Waals surface area (Å²) in [5.41, 5.74) is 2.78. The molecule has 0 spiro atoms. The highest BCUT2D eigenvalue weighted by atomic mass is 79.9. The van der Waals surface area contributed by atoms with Gasteiger partial charge < -0.3 is 4.74 Å². The summed E-state index contributed by atoms with van der Waals surface area (Å²) in [6.45, 7) is 0.705. The van der Waals surface area contributed by atoms with Gasteiger partial charge in [0.05, 0.1) is 11.4 Å². The topological polar surface area (TPSA) is 46.6 Å². The standard InChI is InChI=1S/C24H18BrNO3S/c25-21-12-5-4-10-19(21)15-26-23(27)22(30-24(26)28)14-18-9-6-11-20(13-18)29-16-17-7-2-1-3-8-17/h1-14H,15-16H2/b22-14+. The van der Waals surface area contributed by atoms with Crippen molar-refractivity contribution in [3.63, 3.8) is 0 Å². The maximum atomic E-state index is 12.8. The van der Waals surface area contributed by atoms with E-state index in [0.29, 0.717) is 17.3 Å². The number of nitrogens with zero attached hydrogens (tertiary/aromatic N) is 1. The first kappa shape index (κ1) is 20.4. The van der Waals surface area contributed by atoms with Crippen molar-refractivity contribution >= 4 is 44.9 Å². The molecule has 0 aromatic heterocycles. The van der Waals surface area contributed by atoms with Gasteiger partial charge in [0, 0.05) is 4.47 Å². The molecular weight excluding hydrogens is 462 g/mol. The van der Waals surface area contributed by atoms with Crippen LogP contribution in [0.25, 0.3) is 6.08 Å². The van der Waals surface area contributed by atoms with Crippen LogP contribution < -0.4 is 4.74 Å². The molecule has 0 bridgehead atoms. The third-order valence-corrected chi connectivity index (χ3v) is 6.25. The zero-order valence-corrected chi connectivity index (χ0v) is 18.4. The lowest BCUT2D eigenvalue weighted by atomic mass is 10.2. The molecule has 150 valence electrons. The summed E-state index contributed by atoms with van der Waals surface area (Å²) in [6.07, 6.45) is 1.74. The van der Waals surface area contributed by atoms with E-state index in [1.807, 2.05) is 78.9 Å². The van der Waals surface area contributed by atoms with E-state index < -0.39 is 0 Å². The molecule has 1 aliphatic heterocycles. The number of carbonyl (C=O) groups excluding carboxylic acids is 2. The zero-order chi connectivity index (χ0) is 20.9. The van der Waals surface area contributed by atoms with Gasteiger partial charge in [0.1, 0.15) is 12.4 Å². The van der Waals surface area contributed by atoms with Crippen LogP contribution in [0.4, 0.5) is 4.79 Å². The summed E-state index contributed by atoms with van der Waals surface area (Å²) in [6, 6.07) is 25.0. The maximum Gasteiger partial charge on any atom is 0.293 e. The minimum Gasteiger partial charge on any atom is -0.489 e. The van der Waals surface area contributed by atoms with E-state index in [4.69, 9.17) is 4.74 Å². The number of benzene rings is 3. The average Bonchev–Trinajstić information content (AvgIpc) is 3.02. The number of carbonyl (C=O) groups is 2. The van der Waals surface area contributed by atoms with Crippen LogP contribution in [-0.4, -0.2) is 16.0 Å². The molecule has 1 aliphatic rings. The Hall–Kier alpha value is -2.83. The van der Waals surface area contributed by atoms with E-state index in [-0.39, 0.29) is 17.7 Å². The van der Waals surface area contributed by atoms with Crippen molar-refractivity contribution in [1.82, 2.24) is 4.90 Å². The van der Waals surface area contributed by atoms with Crippen molar-refractivity contribution in [2.24, 2.45) is 0 Å². The summed E-state index contributed by atoms with van der Waals surface area (Å²) in [5, 5.41) is -0.265. The number of thioether (sulfide) groups is 1. The molecule has 0 unspecified atom stereocenters. The van der Waals surface area contributed by atoms with Gasteiger partial charge in [-0.1, -0.05) is 76.6 Å². The lowest BCUT2D eigenvalue weighted by Gasteiger charge is -2.13. The summed E-state index contributed by atoms with van der Waals surface area (Å²) in [5.74, 6) is 0.427. The summed E-state index contributed by atoms with van der Waals surface area (Å²) >= 11 is 4.43. The molecular formula is C24H18BrNO3S. The lowest BCUT2D eigenvalue weighted by molar-refractivity contribution is -0.123. The summed E-state index contributed by atoms with van der Waals surface area (Å²) in [7, 11) is 0. The van der Waals surface area contributed by atoms with Gasteiger partial charge in [-0.15, -0.1) is 0 Å². The van der Waals surface area contributed by atoms with Crippen LogP contribution in [0.1, 0.15) is 16.7 Å². The Balaban J connectivity index is 1.47. The number of amides is 2. The largest absolute Gasteiger partial charge is 0.489 e. The number of ether oxygens (including phenoxy) is 1. The third-order valence-electron chi connectivity index (χ3n) is 4.56. The molecule has 4 nitrogen and oxygen atoms in total. The minimum atomic E-state index is -0.281. The Bertz CT molecular complexity index is 1110. The first-order valence-electron chi connectivity index (χ1n) is 9.36. The maximum absolute atomic E-state index is 12.8. The average molecular weight is 480 g/mol. The van der Waals surface area contributed by atoms with Crippen molar-refractivity contribution in [3.05, 3.63) is 105 Å². The molecule has 0 atom stereocenters. The van der Waals surface area contributed by atoms with E-state index in [1.165, 1.54) is 4.90 Å². The van der Waals surface area contributed by atoms with Crippen molar-refractivity contribution < 1.29 is 14.3 Å². The Morgan fingerprint density at radius 3 is 2.50 bits per heavy atom. The van der Waals surface area contributed by atoms with Gasteiger partial charge in [0.2, 0.25) is 0 Å². The second-order valence-electron chi connectivity index (χ2n) is 6.71. The first-order chi connectivity index (χ1) is 14.6. The van der Waals surface area contributed by atoms with Gasteiger partial charge in [0.25, 0.3) is 11.1 Å². The van der Waals surface area contributed by atoms with Gasteiger partial charge in [-0.25, -0.2) is 0 Å². The van der Waals surface area contributed by atoms with E-state index in [0.717, 1.165) is 32.9 Å². The molecule has 2 amide bonds. The first-order valence-corrected chi connectivity index (χ1v) is 11.0. The highest BCUT2D eigenvalue weighted by Crippen LogP contribution is 2.34. The molecule has 0 N–H and O–H groups in total. The summed E-state index contributed by atoms with van der Waals surface area (Å²) in [4.78, 5) is 26.9. The Labute approximate surface area is 187 Å². The van der Waals surface area contributed by atoms with Crippen LogP contribution in [0.3, 0.4) is 0 Å². The van der Waals surface area contributed by atoms with E-state index >= 15 is 0 Å². The van der Waals surface area contributed by atoms with Gasteiger partial charge in [0.15, 0.2) is 0 Å². The Morgan fingerprint density at radius 1 is 0.933 bits per heavy atom. The molecule has 1 saturated heterocycles. The van der Waals surface area contributed by atoms with Crippen LogP contribution in [0.5, 0.6) is 5.75 Å². The highest BCUT2D eigenvalue weighted by Gasteiger charge is 2.35. The van der Waals surface area contributed by atoms with E-state index in [1.54, 1.807) is 6.08 Å². The molecule has 3 aromatic rings. The molecule has 0 aliphatic carbocycles. The Morgan fingerprint density at radius 2 is 1.70 bits per heavy atom. The van der Waals surface area contributed by atoms with Gasteiger partial charge in [-0.3, -0.25) is 14.5 Å². The van der Waals surface area contributed by atoms with Crippen molar-refractivity contribution in [1.29, 1.82) is 0 Å². The SMILES string of the molecule is O=C1S/C(=C/c2cccc(OCc3ccccc3)c2)C(=O)N1Cc1ccccc1Br. The smallest absolute Gasteiger partial charge is 0.293 e. The number of halogens is 1. The lowest BCUT2D eigenvalue weighted by Crippen LogP contribution is -2.27. The number of hydrogen-bond acceptors (Lipinski definition) is 4. The van der Waals surface area contributed by atoms with Crippen LogP contribution >= 0.6 is 27.7 Å². The molecule has 0 radical (unpaired) electrons. The molecule has 1 fully saturated rings. The fourth-order valence-electron chi connectivity index (χ4n) is 3.02. The molecule has 3 aromatic carbocycles. The van der Waals surface area contributed by atoms with Crippen LogP contribution in [-0.2, 0) is 17.9 Å². The fraction of sp³-hybridized carbons (Fsp3) is 0.0833. The van der Waals surface area contributed by atoms with Crippen molar-refractivity contribution in [3.8, 4) is 5.75 Å². The predicted octanol–water partition coefficient (Wildman–Crippen LogP) is 6.26. The number of rotatable bonds is 6. The van der Waals surface area contributed by atoms with E-state index in [2.05, 4.69) is 15.9 Å². The second kappa shape index (κ2) is 9.32. The number of hydrogen-bond donors (Lipinski definition) is 0. The Kier molecular flexibility index (Phi) is 6.35. The molecule has 1 heterocycles. The third kappa shape index (κ3) is 4.83. The minimum absolute atomic E-state index is 0.240. The summed E-state index contributed by atoms with van der Waals surface area (Å²) < 4.78 is 6.73.